The molecule has 0 saturated carbocycles. The number of hydrogen-bond acceptors (Lipinski definition) is 6. The van der Waals surface area contributed by atoms with Gasteiger partial charge in [-0.2, -0.15) is 0 Å². The molecule has 3 aromatic rings. The Kier molecular flexibility index (Phi) is 4.91. The van der Waals surface area contributed by atoms with Gasteiger partial charge in [0, 0.05) is 4.88 Å². The zero-order chi connectivity index (χ0) is 17.1. The number of hydrogen-bond donors (Lipinski definition) is 3. The third-order valence-corrected chi connectivity index (χ3v) is 4.78. The minimum absolute atomic E-state index is 0.174. The first-order valence-corrected chi connectivity index (χ1v) is 8.11. The molecule has 8 heteroatoms. The number of nitrogens with one attached hydrogen (secondary N) is 1. The van der Waals surface area contributed by atoms with Crippen LogP contribution in [0, 0.1) is 0 Å². The lowest BCUT2D eigenvalue weighted by atomic mass is 10.2. The average Bonchev–Trinajstić information content (AvgIpc) is 3.04. The fourth-order valence-electron chi connectivity index (χ4n) is 2.27. The normalized spacial score (nSPS) is 11.5. The number of H-pyrrole nitrogens is 1. The third kappa shape index (κ3) is 3.17. The van der Waals surface area contributed by atoms with Crippen LogP contribution in [0.25, 0.3) is 20.7 Å². The molecule has 3 rings (SSSR count). The molecule has 0 saturated heterocycles. The molecule has 126 valence electrons. The molecule has 0 atom stereocenters. The van der Waals surface area contributed by atoms with Crippen LogP contribution in [0.1, 0.15) is 0 Å². The lowest BCUT2D eigenvalue weighted by Gasteiger charge is -2.13. The molecular weight excluding hydrogens is 332 g/mol. The first-order chi connectivity index (χ1) is 11.6. The maximum atomic E-state index is 12.1. The van der Waals surface area contributed by atoms with E-state index in [1.165, 1.54) is 15.9 Å². The molecule has 0 fully saturated rings. The van der Waals surface area contributed by atoms with Gasteiger partial charge in [-0.25, -0.2) is 4.79 Å². The van der Waals surface area contributed by atoms with E-state index in [-0.39, 0.29) is 19.9 Å². The third-order valence-electron chi connectivity index (χ3n) is 3.57. The van der Waals surface area contributed by atoms with E-state index in [1.54, 1.807) is 6.07 Å². The van der Waals surface area contributed by atoms with Crippen molar-refractivity contribution in [2.45, 2.75) is 12.8 Å². The van der Waals surface area contributed by atoms with Crippen LogP contribution in [0.4, 0.5) is 0 Å². The summed E-state index contributed by atoms with van der Waals surface area (Å²) in [7, 11) is 0. The number of thiophene rings is 1. The molecule has 7 nitrogen and oxygen atoms in total. The SMILES string of the molecule is O=c1[nH]c(=O)n(COC(CO)CO)c2sc(-c3ccccc3)cc12. The summed E-state index contributed by atoms with van der Waals surface area (Å²) in [4.78, 5) is 27.8. The summed E-state index contributed by atoms with van der Waals surface area (Å²) in [6, 6.07) is 11.3. The van der Waals surface area contributed by atoms with Gasteiger partial charge in [-0.15, -0.1) is 11.3 Å². The minimum Gasteiger partial charge on any atom is -0.394 e. The summed E-state index contributed by atoms with van der Waals surface area (Å²) < 4.78 is 6.60. The Balaban J connectivity index is 2.07. The number of aromatic amines is 1. The molecule has 0 bridgehead atoms. The van der Waals surface area contributed by atoms with Gasteiger partial charge < -0.3 is 14.9 Å². The Morgan fingerprint density at radius 1 is 1.17 bits per heavy atom. The van der Waals surface area contributed by atoms with Gasteiger partial charge >= 0.3 is 5.69 Å². The molecule has 0 aliphatic carbocycles. The van der Waals surface area contributed by atoms with Crippen molar-refractivity contribution in [1.29, 1.82) is 0 Å². The number of rotatable bonds is 6. The maximum absolute atomic E-state index is 12.1. The molecule has 0 amide bonds. The molecule has 24 heavy (non-hydrogen) atoms. The minimum atomic E-state index is -0.785. The van der Waals surface area contributed by atoms with Crippen molar-refractivity contribution in [3.8, 4) is 10.4 Å². The molecule has 0 unspecified atom stereocenters. The Labute approximate surface area is 140 Å². The second-order valence-electron chi connectivity index (χ2n) is 5.17. The van der Waals surface area contributed by atoms with Crippen molar-refractivity contribution >= 4 is 21.6 Å². The first kappa shape index (κ1) is 16.6. The zero-order valence-corrected chi connectivity index (χ0v) is 13.5. The number of aliphatic hydroxyl groups excluding tert-OH is 2. The van der Waals surface area contributed by atoms with Gasteiger partial charge in [0.05, 0.1) is 18.6 Å². The number of aliphatic hydroxyl groups is 2. The van der Waals surface area contributed by atoms with Crippen molar-refractivity contribution in [2.75, 3.05) is 13.2 Å². The predicted octanol–water partition coefficient (Wildman–Crippen LogP) is 0.746. The first-order valence-electron chi connectivity index (χ1n) is 7.29. The van der Waals surface area contributed by atoms with E-state index >= 15 is 0 Å². The molecule has 2 aromatic heterocycles. The molecule has 0 aliphatic rings. The monoisotopic (exact) mass is 348 g/mol. The summed E-state index contributed by atoms with van der Waals surface area (Å²) in [6.07, 6.45) is -0.785. The fraction of sp³-hybridized carbons (Fsp3) is 0.250. The van der Waals surface area contributed by atoms with Crippen LogP contribution in [0.2, 0.25) is 0 Å². The van der Waals surface area contributed by atoms with Crippen molar-refractivity contribution in [3.63, 3.8) is 0 Å². The molecule has 3 N–H and O–H groups in total. The topological polar surface area (TPSA) is 105 Å². The van der Waals surface area contributed by atoms with Crippen LogP contribution < -0.4 is 11.2 Å². The Hall–Kier alpha value is -2.26. The van der Waals surface area contributed by atoms with Crippen LogP contribution >= 0.6 is 11.3 Å². The lowest BCUT2D eigenvalue weighted by molar-refractivity contribution is -0.0497. The van der Waals surface area contributed by atoms with Crippen LogP contribution in [0.15, 0.2) is 46.0 Å². The highest BCUT2D eigenvalue weighted by atomic mass is 32.1. The second-order valence-corrected chi connectivity index (χ2v) is 6.20. The van der Waals surface area contributed by atoms with Crippen LogP contribution in [-0.4, -0.2) is 39.1 Å². The highest BCUT2D eigenvalue weighted by molar-refractivity contribution is 7.21. The predicted molar refractivity (Wildman–Crippen MR) is 91.2 cm³/mol. The fourth-order valence-corrected chi connectivity index (χ4v) is 3.42. The van der Waals surface area contributed by atoms with E-state index in [4.69, 9.17) is 14.9 Å². The Morgan fingerprint density at radius 2 is 1.88 bits per heavy atom. The van der Waals surface area contributed by atoms with Gasteiger partial charge in [0.2, 0.25) is 0 Å². The standard InChI is InChI=1S/C16H16N2O5S/c19-7-11(8-20)23-9-18-15-12(14(21)17-16(18)22)6-13(24-15)10-4-2-1-3-5-10/h1-6,11,19-20H,7-9H2,(H,17,21,22). The van der Waals surface area contributed by atoms with E-state index in [0.717, 1.165) is 10.4 Å². The molecule has 1 aromatic carbocycles. The molecule has 0 spiro atoms. The smallest absolute Gasteiger partial charge is 0.331 e. The van der Waals surface area contributed by atoms with Crippen molar-refractivity contribution in [3.05, 3.63) is 57.2 Å². The number of ether oxygens (including phenoxy) is 1. The summed E-state index contributed by atoms with van der Waals surface area (Å²) in [6.45, 7) is -0.901. The number of fused-ring (bicyclic) bond motifs is 1. The van der Waals surface area contributed by atoms with E-state index in [0.29, 0.717) is 10.2 Å². The van der Waals surface area contributed by atoms with Crippen molar-refractivity contribution < 1.29 is 14.9 Å². The van der Waals surface area contributed by atoms with Gasteiger partial charge in [0.15, 0.2) is 0 Å². The van der Waals surface area contributed by atoms with Gasteiger partial charge in [0.1, 0.15) is 17.7 Å². The number of benzene rings is 1. The highest BCUT2D eigenvalue weighted by Gasteiger charge is 2.14. The van der Waals surface area contributed by atoms with Gasteiger partial charge in [-0.05, 0) is 11.6 Å². The van der Waals surface area contributed by atoms with Gasteiger partial charge in [-0.1, -0.05) is 30.3 Å². The van der Waals surface area contributed by atoms with Crippen LogP contribution in [0.5, 0.6) is 0 Å². The van der Waals surface area contributed by atoms with E-state index < -0.39 is 17.4 Å². The molecule has 0 aliphatic heterocycles. The largest absolute Gasteiger partial charge is 0.394 e. The summed E-state index contributed by atoms with van der Waals surface area (Å²) in [5, 5.41) is 18.5. The van der Waals surface area contributed by atoms with Gasteiger partial charge in [0.25, 0.3) is 5.56 Å². The number of nitrogens with zero attached hydrogens (tertiary/aromatic N) is 1. The lowest BCUT2D eigenvalue weighted by Crippen LogP contribution is -2.32. The maximum Gasteiger partial charge on any atom is 0.331 e. The average molecular weight is 348 g/mol. The highest BCUT2D eigenvalue weighted by Crippen LogP contribution is 2.31. The van der Waals surface area contributed by atoms with Crippen LogP contribution in [-0.2, 0) is 11.5 Å². The summed E-state index contributed by atoms with van der Waals surface area (Å²) in [5.74, 6) is 0. The van der Waals surface area contributed by atoms with E-state index in [9.17, 15) is 9.59 Å². The van der Waals surface area contributed by atoms with Crippen molar-refractivity contribution in [2.24, 2.45) is 0 Å². The molecule has 0 radical (unpaired) electrons. The van der Waals surface area contributed by atoms with Crippen molar-refractivity contribution in [1.82, 2.24) is 9.55 Å². The number of aromatic nitrogens is 2. The second kappa shape index (κ2) is 7.10. The van der Waals surface area contributed by atoms with E-state index in [1.807, 2.05) is 30.3 Å². The quantitative estimate of drug-likeness (QED) is 0.610. The summed E-state index contributed by atoms with van der Waals surface area (Å²) >= 11 is 1.31. The van der Waals surface area contributed by atoms with E-state index in [2.05, 4.69) is 4.98 Å². The molecular formula is C16H16N2O5S. The Bertz CT molecular complexity index is 940. The Morgan fingerprint density at radius 3 is 2.54 bits per heavy atom. The zero-order valence-electron chi connectivity index (χ0n) is 12.6. The van der Waals surface area contributed by atoms with Crippen LogP contribution in [0.3, 0.4) is 0 Å². The molecule has 2 heterocycles. The van der Waals surface area contributed by atoms with Gasteiger partial charge in [-0.3, -0.25) is 14.3 Å². The summed E-state index contributed by atoms with van der Waals surface area (Å²) in [5.41, 5.74) is -0.101.